The Morgan fingerprint density at radius 3 is 2.56 bits per heavy atom. The van der Waals surface area contributed by atoms with Gasteiger partial charge in [0, 0.05) is 0 Å². The van der Waals surface area contributed by atoms with E-state index in [0.29, 0.717) is 11.8 Å². The van der Waals surface area contributed by atoms with Crippen molar-refractivity contribution in [3.8, 4) is 0 Å². The third-order valence-corrected chi connectivity index (χ3v) is 3.44. The quantitative estimate of drug-likeness (QED) is 0.665. The number of aliphatic hydroxyl groups is 1. The van der Waals surface area contributed by atoms with E-state index in [1.54, 1.807) is 0 Å². The number of rotatable bonds is 1. The molecular formula is C15H24O. The van der Waals surface area contributed by atoms with Gasteiger partial charge in [-0.1, -0.05) is 44.7 Å². The average Bonchev–Trinajstić information content (AvgIpc) is 2.23. The van der Waals surface area contributed by atoms with Crippen molar-refractivity contribution in [2.24, 2.45) is 11.8 Å². The van der Waals surface area contributed by atoms with E-state index >= 15 is 0 Å². The molecule has 2 unspecified atom stereocenters. The van der Waals surface area contributed by atoms with Gasteiger partial charge in [-0.3, -0.25) is 0 Å². The molecule has 0 aromatic carbocycles. The monoisotopic (exact) mass is 220 g/mol. The molecule has 90 valence electrons. The highest BCUT2D eigenvalue weighted by Crippen LogP contribution is 2.25. The maximum Gasteiger partial charge on any atom is 0.0750 e. The third kappa shape index (κ3) is 3.97. The molecule has 1 rings (SSSR count). The topological polar surface area (TPSA) is 20.2 Å². The average molecular weight is 220 g/mol. The fraction of sp³-hybridized carbons (Fsp3) is 0.600. The molecule has 16 heavy (non-hydrogen) atoms. The van der Waals surface area contributed by atoms with Gasteiger partial charge in [0.2, 0.25) is 0 Å². The van der Waals surface area contributed by atoms with Gasteiger partial charge >= 0.3 is 0 Å². The van der Waals surface area contributed by atoms with Crippen LogP contribution in [-0.2, 0) is 0 Å². The largest absolute Gasteiger partial charge is 0.389 e. The lowest BCUT2D eigenvalue weighted by molar-refractivity contribution is 0.195. The van der Waals surface area contributed by atoms with Crippen LogP contribution in [0.4, 0.5) is 0 Å². The molecule has 0 aliphatic heterocycles. The molecule has 2 atom stereocenters. The summed E-state index contributed by atoms with van der Waals surface area (Å²) in [7, 11) is 0. The first-order valence-corrected chi connectivity index (χ1v) is 6.22. The lowest BCUT2D eigenvalue weighted by atomic mass is 9.86. The zero-order valence-electron chi connectivity index (χ0n) is 10.6. The van der Waals surface area contributed by atoms with Crippen molar-refractivity contribution >= 4 is 0 Å². The molecule has 0 aromatic rings. The fourth-order valence-electron chi connectivity index (χ4n) is 2.04. The molecule has 1 nitrogen and oxygen atoms in total. The van der Waals surface area contributed by atoms with E-state index in [1.165, 1.54) is 0 Å². The number of allylic oxidation sites excluding steroid dienone is 3. The van der Waals surface area contributed by atoms with E-state index in [4.69, 9.17) is 0 Å². The number of hydrogen-bond donors (Lipinski definition) is 1. The second-order valence-electron chi connectivity index (χ2n) is 5.18. The standard InChI is InChI=1S/C15H24O/c1-11(2)14-8-5-12(3)6-10-15(16)13(4)7-9-14/h5,8,11,14-16H,3-4,6-7,9-10H2,1-2H3/b8-5+. The highest BCUT2D eigenvalue weighted by molar-refractivity contribution is 5.17. The third-order valence-electron chi connectivity index (χ3n) is 3.44. The summed E-state index contributed by atoms with van der Waals surface area (Å²) in [4.78, 5) is 0. The van der Waals surface area contributed by atoms with Crippen molar-refractivity contribution in [3.63, 3.8) is 0 Å². The van der Waals surface area contributed by atoms with Gasteiger partial charge in [-0.05, 0) is 43.1 Å². The zero-order chi connectivity index (χ0) is 12.1. The second-order valence-corrected chi connectivity index (χ2v) is 5.18. The predicted molar refractivity (Wildman–Crippen MR) is 70.2 cm³/mol. The highest BCUT2D eigenvalue weighted by Gasteiger charge is 2.15. The molecule has 1 N–H and O–H groups in total. The molecule has 0 saturated carbocycles. The van der Waals surface area contributed by atoms with Gasteiger partial charge in [0.15, 0.2) is 0 Å². The van der Waals surface area contributed by atoms with Crippen LogP contribution < -0.4 is 0 Å². The Morgan fingerprint density at radius 1 is 1.25 bits per heavy atom. The number of aliphatic hydroxyl groups excluding tert-OH is 1. The van der Waals surface area contributed by atoms with E-state index in [1.807, 2.05) is 0 Å². The van der Waals surface area contributed by atoms with Gasteiger partial charge in [-0.25, -0.2) is 0 Å². The van der Waals surface area contributed by atoms with Gasteiger partial charge in [0.05, 0.1) is 6.10 Å². The Kier molecular flexibility index (Phi) is 5.01. The summed E-state index contributed by atoms with van der Waals surface area (Å²) in [6, 6.07) is 0. The summed E-state index contributed by atoms with van der Waals surface area (Å²) >= 11 is 0. The molecule has 1 aliphatic rings. The first-order valence-electron chi connectivity index (χ1n) is 6.22. The minimum absolute atomic E-state index is 0.351. The van der Waals surface area contributed by atoms with Crippen LogP contribution in [0.2, 0.25) is 0 Å². The van der Waals surface area contributed by atoms with E-state index in [2.05, 4.69) is 39.2 Å². The Bertz CT molecular complexity index is 286. The molecule has 1 heteroatoms. The van der Waals surface area contributed by atoms with Gasteiger partial charge in [0.25, 0.3) is 0 Å². The summed E-state index contributed by atoms with van der Waals surface area (Å²) in [6.45, 7) is 12.5. The lowest BCUT2D eigenvalue weighted by Gasteiger charge is -2.21. The van der Waals surface area contributed by atoms with Crippen LogP contribution in [0.5, 0.6) is 0 Å². The number of hydrogen-bond acceptors (Lipinski definition) is 1. The molecule has 0 bridgehead atoms. The van der Waals surface area contributed by atoms with E-state index in [9.17, 15) is 5.11 Å². The maximum absolute atomic E-state index is 9.88. The molecule has 1 aliphatic carbocycles. The Labute approximate surface area is 99.6 Å². The smallest absolute Gasteiger partial charge is 0.0750 e. The van der Waals surface area contributed by atoms with Crippen molar-refractivity contribution in [3.05, 3.63) is 36.5 Å². The summed E-state index contributed by atoms with van der Waals surface area (Å²) in [5, 5.41) is 9.88. The Balaban J connectivity index is 2.75. The van der Waals surface area contributed by atoms with Crippen molar-refractivity contribution in [2.75, 3.05) is 0 Å². The van der Waals surface area contributed by atoms with Gasteiger partial charge < -0.3 is 5.11 Å². The molecule has 0 heterocycles. The van der Waals surface area contributed by atoms with Gasteiger partial charge in [-0.15, -0.1) is 0 Å². The molecule has 0 amide bonds. The molecule has 0 radical (unpaired) electrons. The van der Waals surface area contributed by atoms with Crippen molar-refractivity contribution in [1.82, 2.24) is 0 Å². The first-order chi connectivity index (χ1) is 7.50. The normalized spacial score (nSPS) is 30.5. The summed E-state index contributed by atoms with van der Waals surface area (Å²) in [5.41, 5.74) is 2.09. The summed E-state index contributed by atoms with van der Waals surface area (Å²) in [6.07, 6.45) is 7.69. The van der Waals surface area contributed by atoms with Crippen molar-refractivity contribution in [1.29, 1.82) is 0 Å². The van der Waals surface area contributed by atoms with E-state index < -0.39 is 0 Å². The van der Waals surface area contributed by atoms with Crippen LogP contribution in [0.1, 0.15) is 39.5 Å². The fourth-order valence-corrected chi connectivity index (χ4v) is 2.04. The molecular weight excluding hydrogens is 196 g/mol. The van der Waals surface area contributed by atoms with Crippen molar-refractivity contribution < 1.29 is 5.11 Å². The van der Waals surface area contributed by atoms with Crippen LogP contribution in [-0.4, -0.2) is 11.2 Å². The minimum Gasteiger partial charge on any atom is -0.389 e. The van der Waals surface area contributed by atoms with Crippen molar-refractivity contribution in [2.45, 2.75) is 45.6 Å². The SMILES string of the molecule is C=C1/C=C/C(C(C)C)CCC(=C)C(O)CC1. The van der Waals surface area contributed by atoms with Crippen LogP contribution in [0.25, 0.3) is 0 Å². The van der Waals surface area contributed by atoms with Crippen LogP contribution in [0.15, 0.2) is 36.5 Å². The Hall–Kier alpha value is -0.820. The molecule has 0 spiro atoms. The van der Waals surface area contributed by atoms with Crippen LogP contribution >= 0.6 is 0 Å². The Morgan fingerprint density at radius 2 is 1.94 bits per heavy atom. The van der Waals surface area contributed by atoms with Gasteiger partial charge in [-0.2, -0.15) is 0 Å². The molecule has 0 aromatic heterocycles. The second kappa shape index (κ2) is 6.05. The van der Waals surface area contributed by atoms with Gasteiger partial charge in [0.1, 0.15) is 0 Å². The maximum atomic E-state index is 9.88. The summed E-state index contributed by atoms with van der Waals surface area (Å²) in [5.74, 6) is 1.20. The highest BCUT2D eigenvalue weighted by atomic mass is 16.3. The van der Waals surface area contributed by atoms with E-state index in [0.717, 1.165) is 36.8 Å². The molecule has 0 fully saturated rings. The molecule has 0 saturated heterocycles. The lowest BCUT2D eigenvalue weighted by Crippen LogP contribution is -2.13. The first kappa shape index (κ1) is 13.2. The van der Waals surface area contributed by atoms with E-state index in [-0.39, 0.29) is 6.10 Å². The van der Waals surface area contributed by atoms with Crippen LogP contribution in [0, 0.1) is 11.8 Å². The van der Waals surface area contributed by atoms with Crippen LogP contribution in [0.3, 0.4) is 0 Å². The summed E-state index contributed by atoms with van der Waals surface area (Å²) < 4.78 is 0. The minimum atomic E-state index is -0.351. The predicted octanol–water partition coefficient (Wildman–Crippen LogP) is 3.86. The zero-order valence-corrected chi connectivity index (χ0v) is 10.6.